The normalized spacial score (nSPS) is 13.1. The number of nitrogens with zero attached hydrogens (tertiary/aromatic N) is 3. The minimum atomic E-state index is -0.461. The number of hydrogen-bond acceptors (Lipinski definition) is 6. The molecule has 170 valence electrons. The average Bonchev–Trinajstić information content (AvgIpc) is 2.83. The van der Waals surface area contributed by atoms with Gasteiger partial charge in [0.2, 0.25) is 0 Å². The molecule has 2 heterocycles. The first-order valence-corrected chi connectivity index (χ1v) is 10.6. The average molecular weight is 467 g/mol. The lowest BCUT2D eigenvalue weighted by Gasteiger charge is -2.22. The first kappa shape index (κ1) is 22.4. The highest BCUT2D eigenvalue weighted by molar-refractivity contribution is 6.30. The molecule has 1 amide bonds. The van der Waals surface area contributed by atoms with Crippen LogP contribution in [0.2, 0.25) is 5.02 Å². The number of halogens is 1. The lowest BCUT2D eigenvalue weighted by Crippen LogP contribution is -2.41. The van der Waals surface area contributed by atoms with Gasteiger partial charge < -0.3 is 5.32 Å². The molecule has 0 saturated carbocycles. The zero-order valence-corrected chi connectivity index (χ0v) is 18.9. The Balaban J connectivity index is 1.62. The summed E-state index contributed by atoms with van der Waals surface area (Å²) in [5.74, 6) is -0.322. The van der Waals surface area contributed by atoms with E-state index in [1.54, 1.807) is 68.0 Å². The van der Waals surface area contributed by atoms with Crippen molar-refractivity contribution in [3.8, 4) is 0 Å². The maximum absolute atomic E-state index is 13.2. The van der Waals surface area contributed by atoms with Gasteiger partial charge in [0.15, 0.2) is 0 Å². The SMILES string of the molecule is CNN1C=CC(CNC(=O)c2ccc3c(c2)c(=O)n(Cc2cccc(Cl)c2)c(=O)n3C)=CN1. The van der Waals surface area contributed by atoms with Crippen LogP contribution in [0.25, 0.3) is 10.9 Å². The molecule has 0 aliphatic carbocycles. The number of rotatable bonds is 6. The maximum atomic E-state index is 13.2. The number of carbonyl (C=O) groups is 1. The van der Waals surface area contributed by atoms with E-state index in [2.05, 4.69) is 16.2 Å². The van der Waals surface area contributed by atoms with Crippen LogP contribution in [0.15, 0.2) is 76.1 Å². The molecule has 0 atom stereocenters. The Bertz CT molecular complexity index is 1410. The first-order valence-electron chi connectivity index (χ1n) is 10.2. The number of benzene rings is 2. The van der Waals surface area contributed by atoms with E-state index in [1.807, 2.05) is 6.08 Å². The summed E-state index contributed by atoms with van der Waals surface area (Å²) in [4.78, 5) is 38.7. The Morgan fingerprint density at radius 2 is 1.97 bits per heavy atom. The van der Waals surface area contributed by atoms with E-state index in [0.717, 1.165) is 15.7 Å². The quantitative estimate of drug-likeness (QED) is 0.509. The number of nitrogens with one attached hydrogen (secondary N) is 3. The summed E-state index contributed by atoms with van der Waals surface area (Å²) in [6.07, 6.45) is 5.42. The third kappa shape index (κ3) is 4.69. The summed E-state index contributed by atoms with van der Waals surface area (Å²) in [5, 5.41) is 5.31. The van der Waals surface area contributed by atoms with Gasteiger partial charge >= 0.3 is 5.69 Å². The number of hydrogen-bond donors (Lipinski definition) is 3. The third-order valence-corrected chi connectivity index (χ3v) is 5.60. The van der Waals surface area contributed by atoms with Crippen molar-refractivity contribution < 1.29 is 4.79 Å². The van der Waals surface area contributed by atoms with Crippen LogP contribution in [-0.4, -0.2) is 33.8 Å². The molecule has 3 aromatic rings. The topological polar surface area (TPSA) is 100 Å². The third-order valence-electron chi connectivity index (χ3n) is 5.36. The predicted molar refractivity (Wildman–Crippen MR) is 128 cm³/mol. The highest BCUT2D eigenvalue weighted by atomic mass is 35.5. The van der Waals surface area contributed by atoms with Crippen LogP contribution in [-0.2, 0) is 13.6 Å². The molecular weight excluding hydrogens is 444 g/mol. The molecule has 3 N–H and O–H groups in total. The fraction of sp³-hybridized carbons (Fsp3) is 0.174. The summed E-state index contributed by atoms with van der Waals surface area (Å²) in [6, 6.07) is 11.7. The smallest absolute Gasteiger partial charge is 0.331 e. The zero-order chi connectivity index (χ0) is 23.5. The molecular formula is C23H23ClN6O3. The van der Waals surface area contributed by atoms with Gasteiger partial charge in [-0.3, -0.25) is 24.1 Å². The zero-order valence-electron chi connectivity index (χ0n) is 18.1. The number of fused-ring (bicyclic) bond motifs is 1. The van der Waals surface area contributed by atoms with E-state index in [-0.39, 0.29) is 17.8 Å². The summed E-state index contributed by atoms with van der Waals surface area (Å²) in [6.45, 7) is 0.389. The van der Waals surface area contributed by atoms with Crippen molar-refractivity contribution in [3.63, 3.8) is 0 Å². The molecule has 1 aliphatic rings. The second-order valence-corrected chi connectivity index (χ2v) is 7.97. The second-order valence-electron chi connectivity index (χ2n) is 7.54. The van der Waals surface area contributed by atoms with Crippen LogP contribution in [0.5, 0.6) is 0 Å². The molecule has 0 bridgehead atoms. The van der Waals surface area contributed by atoms with Gasteiger partial charge in [0.1, 0.15) is 0 Å². The number of aromatic nitrogens is 2. The van der Waals surface area contributed by atoms with Crippen molar-refractivity contribution >= 4 is 28.4 Å². The Kier molecular flexibility index (Phi) is 6.34. The Hall–Kier alpha value is -3.82. The molecule has 1 aliphatic heterocycles. The monoisotopic (exact) mass is 466 g/mol. The molecule has 9 nitrogen and oxygen atoms in total. The number of carbonyl (C=O) groups excluding carboxylic acids is 1. The molecule has 10 heteroatoms. The molecule has 0 spiro atoms. The van der Waals surface area contributed by atoms with Gasteiger partial charge in [0.25, 0.3) is 11.5 Å². The van der Waals surface area contributed by atoms with Crippen molar-refractivity contribution in [1.29, 1.82) is 0 Å². The highest BCUT2D eigenvalue weighted by Crippen LogP contribution is 2.14. The standard InChI is InChI=1S/C23H23ClN6O3/c1-25-30-9-8-16(13-27-30)12-26-21(31)17-6-7-20-19(11-17)22(32)29(23(33)28(20)2)14-15-4-3-5-18(24)10-15/h3-11,13,25,27H,12,14H2,1-2H3,(H,26,31). The van der Waals surface area contributed by atoms with E-state index in [0.29, 0.717) is 22.6 Å². The van der Waals surface area contributed by atoms with Crippen LogP contribution in [0, 0.1) is 0 Å². The fourth-order valence-electron chi connectivity index (χ4n) is 3.56. The van der Waals surface area contributed by atoms with E-state index in [4.69, 9.17) is 11.6 Å². The van der Waals surface area contributed by atoms with Crippen molar-refractivity contribution in [1.82, 2.24) is 30.4 Å². The summed E-state index contributed by atoms with van der Waals surface area (Å²) >= 11 is 6.04. The predicted octanol–water partition coefficient (Wildman–Crippen LogP) is 1.48. The molecule has 33 heavy (non-hydrogen) atoms. The highest BCUT2D eigenvalue weighted by Gasteiger charge is 2.15. The van der Waals surface area contributed by atoms with E-state index >= 15 is 0 Å². The van der Waals surface area contributed by atoms with Crippen molar-refractivity contribution in [2.45, 2.75) is 6.54 Å². The lowest BCUT2D eigenvalue weighted by atomic mass is 10.1. The first-order chi connectivity index (χ1) is 15.9. The maximum Gasteiger partial charge on any atom is 0.331 e. The molecule has 0 radical (unpaired) electrons. The van der Waals surface area contributed by atoms with Crippen LogP contribution >= 0.6 is 11.6 Å². The largest absolute Gasteiger partial charge is 0.348 e. The number of aryl methyl sites for hydroxylation is 1. The second kappa shape index (κ2) is 9.35. The molecule has 0 fully saturated rings. The van der Waals surface area contributed by atoms with Gasteiger partial charge in [-0.25, -0.2) is 15.3 Å². The minimum absolute atomic E-state index is 0.0789. The molecule has 1 aromatic heterocycles. The summed E-state index contributed by atoms with van der Waals surface area (Å²) in [5.41, 5.74) is 7.40. The van der Waals surface area contributed by atoms with Gasteiger partial charge in [0.05, 0.1) is 17.4 Å². The van der Waals surface area contributed by atoms with Gasteiger partial charge in [-0.15, -0.1) is 0 Å². The Labute approximate surface area is 194 Å². The lowest BCUT2D eigenvalue weighted by molar-refractivity contribution is 0.0957. The molecule has 0 saturated heterocycles. The van der Waals surface area contributed by atoms with Gasteiger partial charge in [0, 0.05) is 43.6 Å². The van der Waals surface area contributed by atoms with Gasteiger partial charge in [-0.05, 0) is 47.5 Å². The van der Waals surface area contributed by atoms with E-state index in [9.17, 15) is 14.4 Å². The molecule has 0 unspecified atom stereocenters. The van der Waals surface area contributed by atoms with Crippen LogP contribution < -0.4 is 27.4 Å². The minimum Gasteiger partial charge on any atom is -0.348 e. The van der Waals surface area contributed by atoms with Crippen LogP contribution in [0.3, 0.4) is 0 Å². The number of hydrazine groups is 2. The van der Waals surface area contributed by atoms with Gasteiger partial charge in [-0.1, -0.05) is 23.7 Å². The van der Waals surface area contributed by atoms with E-state index < -0.39 is 11.2 Å². The Morgan fingerprint density at radius 1 is 1.15 bits per heavy atom. The van der Waals surface area contributed by atoms with Crippen molar-refractivity contribution in [2.24, 2.45) is 7.05 Å². The van der Waals surface area contributed by atoms with Gasteiger partial charge in [-0.2, -0.15) is 0 Å². The summed E-state index contributed by atoms with van der Waals surface area (Å²) < 4.78 is 2.55. The molecule has 4 rings (SSSR count). The molecule has 2 aromatic carbocycles. The summed E-state index contributed by atoms with van der Waals surface area (Å²) in [7, 11) is 3.37. The van der Waals surface area contributed by atoms with Crippen molar-refractivity contribution in [3.05, 3.63) is 104 Å². The van der Waals surface area contributed by atoms with Crippen LogP contribution in [0.1, 0.15) is 15.9 Å². The van der Waals surface area contributed by atoms with Crippen LogP contribution in [0.4, 0.5) is 0 Å². The fourth-order valence-corrected chi connectivity index (χ4v) is 3.77. The van der Waals surface area contributed by atoms with E-state index in [1.165, 1.54) is 10.6 Å². The van der Waals surface area contributed by atoms with Crippen molar-refractivity contribution in [2.75, 3.05) is 13.6 Å². The number of amides is 1. The Morgan fingerprint density at radius 3 is 2.67 bits per heavy atom.